The quantitative estimate of drug-likeness (QED) is 0.441. The number of carbonyl (C=O) groups excluding carboxylic acids is 1. The fraction of sp³-hybridized carbons (Fsp3) is 0.308. The van der Waals surface area contributed by atoms with Gasteiger partial charge in [-0.2, -0.15) is 13.2 Å². The molecule has 0 bridgehead atoms. The minimum atomic E-state index is -4.64. The standard InChI is InChI=1S/C24H26N2O2.C2HF3O/c1-3-18-15-25-16-22(18)20-10-7-11-21(14-20)27-13-12-23-17(2)28-24(26-23)19-8-5-4-6-9-19;3-2(4,5)1-6/h4-11,14,25H,3,12-13,15-16H2,1-2H3;1H. The van der Waals surface area contributed by atoms with Crippen molar-refractivity contribution in [1.29, 1.82) is 0 Å². The Morgan fingerprint density at radius 1 is 1.09 bits per heavy atom. The molecule has 4 rings (SSSR count). The number of nitrogens with zero attached hydrogens (tertiary/aromatic N) is 1. The minimum absolute atomic E-state index is 0.572. The number of aldehydes is 1. The first-order valence-electron chi connectivity index (χ1n) is 11.0. The largest absolute Gasteiger partial charge is 0.493 e. The summed E-state index contributed by atoms with van der Waals surface area (Å²) in [6, 6.07) is 18.4. The summed E-state index contributed by atoms with van der Waals surface area (Å²) in [5.41, 5.74) is 6.10. The number of ether oxygens (including phenoxy) is 1. The molecular formula is C26H27F3N2O3. The number of alkyl halides is 3. The van der Waals surface area contributed by atoms with Gasteiger partial charge in [-0.15, -0.1) is 0 Å². The predicted molar refractivity (Wildman–Crippen MR) is 125 cm³/mol. The average Bonchev–Trinajstić information content (AvgIpc) is 3.46. The van der Waals surface area contributed by atoms with Gasteiger partial charge in [0.25, 0.3) is 0 Å². The lowest BCUT2D eigenvalue weighted by molar-refractivity contribution is -0.156. The lowest BCUT2D eigenvalue weighted by atomic mass is 10.0. The molecule has 0 saturated carbocycles. The monoisotopic (exact) mass is 472 g/mol. The van der Waals surface area contributed by atoms with E-state index in [1.807, 2.05) is 43.3 Å². The second kappa shape index (κ2) is 11.7. The molecule has 0 unspecified atom stereocenters. The first-order valence-corrected chi connectivity index (χ1v) is 11.0. The van der Waals surface area contributed by atoms with Crippen LogP contribution in [0.15, 0.2) is 64.6 Å². The first-order chi connectivity index (χ1) is 16.3. The summed E-state index contributed by atoms with van der Waals surface area (Å²) in [5, 5.41) is 3.44. The van der Waals surface area contributed by atoms with E-state index in [9.17, 15) is 13.2 Å². The maximum absolute atomic E-state index is 10.4. The van der Waals surface area contributed by atoms with Crippen LogP contribution in [0.25, 0.3) is 17.0 Å². The van der Waals surface area contributed by atoms with Crippen molar-refractivity contribution in [3.8, 4) is 17.2 Å². The Balaban J connectivity index is 0.000000481. The molecular weight excluding hydrogens is 445 g/mol. The van der Waals surface area contributed by atoms with Gasteiger partial charge in [-0.25, -0.2) is 4.98 Å². The van der Waals surface area contributed by atoms with Crippen LogP contribution in [0, 0.1) is 6.92 Å². The molecule has 1 N–H and O–H groups in total. The topological polar surface area (TPSA) is 64.4 Å². The Hall–Kier alpha value is -3.39. The summed E-state index contributed by atoms with van der Waals surface area (Å²) in [6.07, 6.45) is -3.90. The summed E-state index contributed by atoms with van der Waals surface area (Å²) in [4.78, 5) is 13.4. The van der Waals surface area contributed by atoms with Crippen molar-refractivity contribution >= 4 is 11.9 Å². The minimum Gasteiger partial charge on any atom is -0.493 e. The lowest BCUT2D eigenvalue weighted by Crippen LogP contribution is -2.08. The maximum atomic E-state index is 10.4. The van der Waals surface area contributed by atoms with Crippen LogP contribution in [0.4, 0.5) is 13.2 Å². The molecule has 0 atom stereocenters. The highest BCUT2D eigenvalue weighted by molar-refractivity contribution is 5.73. The molecule has 180 valence electrons. The van der Waals surface area contributed by atoms with Gasteiger partial charge in [0.2, 0.25) is 12.2 Å². The number of oxazole rings is 1. The number of benzene rings is 2. The molecule has 2 heterocycles. The SMILES string of the molecule is CCC1=C(c2cccc(OCCc3nc(-c4ccccc4)oc3C)c2)CNC1.O=CC(F)(F)F. The van der Waals surface area contributed by atoms with Crippen molar-refractivity contribution in [1.82, 2.24) is 10.3 Å². The van der Waals surface area contributed by atoms with Crippen LogP contribution in [0.5, 0.6) is 5.75 Å². The van der Waals surface area contributed by atoms with Crippen LogP contribution < -0.4 is 10.1 Å². The van der Waals surface area contributed by atoms with Gasteiger partial charge in [-0.3, -0.25) is 4.79 Å². The van der Waals surface area contributed by atoms with Crippen LogP contribution in [0.3, 0.4) is 0 Å². The number of aryl methyl sites for hydroxylation is 1. The molecule has 1 aliphatic rings. The molecule has 8 heteroatoms. The highest BCUT2D eigenvalue weighted by Gasteiger charge is 2.25. The Bertz CT molecular complexity index is 1120. The van der Waals surface area contributed by atoms with E-state index in [-0.39, 0.29) is 0 Å². The van der Waals surface area contributed by atoms with Gasteiger partial charge in [-0.05, 0) is 48.7 Å². The molecule has 0 aliphatic carbocycles. The van der Waals surface area contributed by atoms with Crippen molar-refractivity contribution in [3.63, 3.8) is 0 Å². The van der Waals surface area contributed by atoms with Crippen LogP contribution in [-0.4, -0.2) is 37.1 Å². The highest BCUT2D eigenvalue weighted by Crippen LogP contribution is 2.27. The third-order valence-corrected chi connectivity index (χ3v) is 5.33. The number of rotatable bonds is 7. The van der Waals surface area contributed by atoms with Gasteiger partial charge in [0.15, 0.2) is 0 Å². The summed E-state index contributed by atoms with van der Waals surface area (Å²) in [7, 11) is 0. The average molecular weight is 473 g/mol. The van der Waals surface area contributed by atoms with E-state index in [1.54, 1.807) is 0 Å². The zero-order valence-electron chi connectivity index (χ0n) is 19.1. The van der Waals surface area contributed by atoms with Gasteiger partial charge in [0, 0.05) is 25.1 Å². The molecule has 0 spiro atoms. The normalized spacial score (nSPS) is 13.4. The smallest absolute Gasteiger partial charge is 0.446 e. The highest BCUT2D eigenvalue weighted by atomic mass is 19.4. The Morgan fingerprint density at radius 2 is 1.79 bits per heavy atom. The molecule has 0 amide bonds. The van der Waals surface area contributed by atoms with E-state index in [1.165, 1.54) is 16.7 Å². The third-order valence-electron chi connectivity index (χ3n) is 5.33. The zero-order chi connectivity index (χ0) is 24.6. The summed E-state index contributed by atoms with van der Waals surface area (Å²) < 4.78 is 43.1. The van der Waals surface area contributed by atoms with Crippen LogP contribution in [-0.2, 0) is 11.2 Å². The molecule has 0 fully saturated rings. The number of hydrogen-bond donors (Lipinski definition) is 1. The summed E-state index contributed by atoms with van der Waals surface area (Å²) in [6.45, 7) is 6.68. The van der Waals surface area contributed by atoms with Gasteiger partial charge >= 0.3 is 6.18 Å². The lowest BCUT2D eigenvalue weighted by Gasteiger charge is -2.09. The van der Waals surface area contributed by atoms with Crippen molar-refractivity contribution in [2.24, 2.45) is 0 Å². The number of halogens is 3. The van der Waals surface area contributed by atoms with Gasteiger partial charge in [0.05, 0.1) is 12.3 Å². The van der Waals surface area contributed by atoms with E-state index in [0.29, 0.717) is 12.5 Å². The molecule has 3 aromatic rings. The van der Waals surface area contributed by atoms with Crippen molar-refractivity contribution in [3.05, 3.63) is 77.2 Å². The van der Waals surface area contributed by atoms with E-state index in [4.69, 9.17) is 13.9 Å². The molecule has 34 heavy (non-hydrogen) atoms. The third kappa shape index (κ3) is 7.05. The summed E-state index contributed by atoms with van der Waals surface area (Å²) in [5.74, 6) is 2.42. The Kier molecular flexibility index (Phi) is 8.65. The summed E-state index contributed by atoms with van der Waals surface area (Å²) >= 11 is 0. The fourth-order valence-electron chi connectivity index (χ4n) is 3.62. The second-order valence-corrected chi connectivity index (χ2v) is 7.71. The van der Waals surface area contributed by atoms with Gasteiger partial charge < -0.3 is 14.5 Å². The van der Waals surface area contributed by atoms with E-state index in [2.05, 4.69) is 35.4 Å². The number of hydrogen-bond acceptors (Lipinski definition) is 5. The molecule has 1 aromatic heterocycles. The Morgan fingerprint density at radius 3 is 2.47 bits per heavy atom. The van der Waals surface area contributed by atoms with E-state index in [0.717, 1.165) is 48.7 Å². The van der Waals surface area contributed by atoms with Crippen molar-refractivity contribution in [2.75, 3.05) is 19.7 Å². The van der Waals surface area contributed by atoms with Gasteiger partial charge in [-0.1, -0.05) is 42.8 Å². The van der Waals surface area contributed by atoms with Gasteiger partial charge in [0.1, 0.15) is 11.5 Å². The molecule has 5 nitrogen and oxygen atoms in total. The number of aromatic nitrogens is 1. The molecule has 0 saturated heterocycles. The fourth-order valence-corrected chi connectivity index (χ4v) is 3.62. The van der Waals surface area contributed by atoms with Crippen molar-refractivity contribution < 1.29 is 27.1 Å². The Labute approximate surface area is 196 Å². The van der Waals surface area contributed by atoms with Crippen LogP contribution in [0.1, 0.15) is 30.4 Å². The molecule has 1 aliphatic heterocycles. The van der Waals surface area contributed by atoms with E-state index >= 15 is 0 Å². The van der Waals surface area contributed by atoms with Crippen molar-refractivity contribution in [2.45, 2.75) is 32.9 Å². The van der Waals surface area contributed by atoms with Crippen LogP contribution >= 0.6 is 0 Å². The first kappa shape index (κ1) is 25.2. The molecule has 2 aromatic carbocycles. The van der Waals surface area contributed by atoms with E-state index < -0.39 is 12.5 Å². The maximum Gasteiger partial charge on any atom is 0.446 e. The second-order valence-electron chi connectivity index (χ2n) is 7.71. The zero-order valence-corrected chi connectivity index (χ0v) is 19.1. The predicted octanol–water partition coefficient (Wildman–Crippen LogP) is 5.79. The van der Waals surface area contributed by atoms with Crippen LogP contribution in [0.2, 0.25) is 0 Å². The molecule has 0 radical (unpaired) electrons. The number of carbonyl (C=O) groups is 1. The number of nitrogens with one attached hydrogen (secondary N) is 1.